The molecule has 0 saturated heterocycles. The number of carbonyl (C=O) groups excluding carboxylic acids is 1. The first-order valence-electron chi connectivity index (χ1n) is 10.0. The first kappa shape index (κ1) is 18.3. The molecule has 5 rings (SSSR count). The molecule has 2 aliphatic rings. The lowest BCUT2D eigenvalue weighted by atomic mass is 9.94. The fourth-order valence-electron chi connectivity index (χ4n) is 3.85. The number of fused-ring (bicyclic) bond motifs is 1. The van der Waals surface area contributed by atoms with Crippen molar-refractivity contribution in [2.45, 2.75) is 24.8 Å². The molecule has 2 heterocycles. The maximum atomic E-state index is 13.2. The van der Waals surface area contributed by atoms with Crippen LogP contribution in [-0.4, -0.2) is 33.9 Å². The van der Waals surface area contributed by atoms with E-state index in [1.54, 1.807) is 23.4 Å². The summed E-state index contributed by atoms with van der Waals surface area (Å²) in [6.07, 6.45) is 5.20. The molecule has 1 amide bonds. The summed E-state index contributed by atoms with van der Waals surface area (Å²) >= 11 is 0. The molecule has 1 aliphatic carbocycles. The smallest absolute Gasteiger partial charge is 0.258 e. The van der Waals surface area contributed by atoms with E-state index in [9.17, 15) is 10.1 Å². The number of hydrogen-bond donors (Lipinski definition) is 0. The number of aromatic nitrogens is 2. The summed E-state index contributed by atoms with van der Waals surface area (Å²) in [6, 6.07) is 18.0. The van der Waals surface area contributed by atoms with Gasteiger partial charge in [0.2, 0.25) is 0 Å². The van der Waals surface area contributed by atoms with Gasteiger partial charge in [-0.05, 0) is 47.7 Å². The number of nitrogens with zero attached hydrogens (tertiary/aromatic N) is 4. The Balaban J connectivity index is 1.43. The number of ether oxygens (including phenoxy) is 1. The van der Waals surface area contributed by atoms with Crippen LogP contribution < -0.4 is 4.74 Å². The second-order valence-corrected chi connectivity index (χ2v) is 7.72. The molecule has 0 unspecified atom stereocenters. The lowest BCUT2D eigenvalue weighted by Gasteiger charge is -2.19. The summed E-state index contributed by atoms with van der Waals surface area (Å²) in [6.45, 7) is 1.25. The van der Waals surface area contributed by atoms with Crippen molar-refractivity contribution in [2.24, 2.45) is 0 Å². The van der Waals surface area contributed by atoms with Gasteiger partial charge in [-0.2, -0.15) is 5.26 Å². The molecule has 0 spiro atoms. The van der Waals surface area contributed by atoms with Crippen LogP contribution in [0.5, 0.6) is 5.75 Å². The highest BCUT2D eigenvalue weighted by atomic mass is 16.5. The number of carbonyl (C=O) groups is 1. The molecule has 0 N–H and O–H groups in total. The summed E-state index contributed by atoms with van der Waals surface area (Å²) in [5.74, 6) is 1.11. The normalized spacial score (nSPS) is 16.8. The summed E-state index contributed by atoms with van der Waals surface area (Å²) in [4.78, 5) is 23.4. The van der Waals surface area contributed by atoms with E-state index in [-0.39, 0.29) is 11.3 Å². The molecule has 6 nitrogen and oxygen atoms in total. The quantitative estimate of drug-likeness (QED) is 0.671. The van der Waals surface area contributed by atoms with Gasteiger partial charge >= 0.3 is 0 Å². The van der Waals surface area contributed by atoms with E-state index < -0.39 is 0 Å². The van der Waals surface area contributed by atoms with Crippen LogP contribution >= 0.6 is 0 Å². The van der Waals surface area contributed by atoms with E-state index in [0.717, 1.165) is 29.5 Å². The Kier molecular flexibility index (Phi) is 4.44. The number of hydrogen-bond acceptors (Lipinski definition) is 5. The van der Waals surface area contributed by atoms with Crippen molar-refractivity contribution in [3.63, 3.8) is 0 Å². The molecule has 0 radical (unpaired) electrons. The molecule has 1 aliphatic heterocycles. The third-order valence-corrected chi connectivity index (χ3v) is 5.80. The van der Waals surface area contributed by atoms with Crippen LogP contribution in [0.25, 0.3) is 11.1 Å². The van der Waals surface area contributed by atoms with Crippen molar-refractivity contribution in [1.82, 2.24) is 14.9 Å². The minimum atomic E-state index is -0.296. The molecule has 0 bridgehead atoms. The summed E-state index contributed by atoms with van der Waals surface area (Å²) < 4.78 is 5.82. The highest BCUT2D eigenvalue weighted by Gasteiger charge is 2.44. The van der Waals surface area contributed by atoms with Crippen molar-refractivity contribution >= 4 is 5.91 Å². The van der Waals surface area contributed by atoms with E-state index in [1.807, 2.05) is 42.5 Å². The van der Waals surface area contributed by atoms with Gasteiger partial charge < -0.3 is 9.64 Å². The van der Waals surface area contributed by atoms with Crippen molar-refractivity contribution < 1.29 is 9.53 Å². The zero-order valence-corrected chi connectivity index (χ0v) is 16.4. The maximum absolute atomic E-state index is 13.2. The Morgan fingerprint density at radius 2 is 1.80 bits per heavy atom. The monoisotopic (exact) mass is 396 g/mol. The molecular weight excluding hydrogens is 376 g/mol. The molecule has 6 heteroatoms. The maximum Gasteiger partial charge on any atom is 0.258 e. The van der Waals surface area contributed by atoms with Crippen molar-refractivity contribution in [3.05, 3.63) is 77.9 Å². The molecule has 0 atom stereocenters. The van der Waals surface area contributed by atoms with E-state index >= 15 is 0 Å². The number of nitriles is 1. The Morgan fingerprint density at radius 3 is 2.50 bits per heavy atom. The molecule has 148 valence electrons. The van der Waals surface area contributed by atoms with Gasteiger partial charge in [0.05, 0.1) is 30.1 Å². The number of rotatable bonds is 4. The summed E-state index contributed by atoms with van der Waals surface area (Å²) in [7, 11) is 0. The molecular formula is C24H20N4O2. The number of amides is 1. The first-order chi connectivity index (χ1) is 14.7. The highest BCUT2D eigenvalue weighted by Crippen LogP contribution is 2.47. The van der Waals surface area contributed by atoms with Crippen LogP contribution in [0.3, 0.4) is 0 Å². The van der Waals surface area contributed by atoms with Crippen LogP contribution in [0, 0.1) is 11.3 Å². The van der Waals surface area contributed by atoms with Gasteiger partial charge in [-0.1, -0.05) is 30.3 Å². The lowest BCUT2D eigenvalue weighted by Crippen LogP contribution is -2.32. The van der Waals surface area contributed by atoms with Crippen molar-refractivity contribution in [3.8, 4) is 22.9 Å². The largest absolute Gasteiger partial charge is 0.491 e. The molecule has 2 aromatic carbocycles. The molecule has 1 fully saturated rings. The summed E-state index contributed by atoms with van der Waals surface area (Å²) in [5.41, 5.74) is 3.26. The minimum absolute atomic E-state index is 0.0881. The second-order valence-electron chi connectivity index (χ2n) is 7.72. The van der Waals surface area contributed by atoms with Crippen LogP contribution in [0.2, 0.25) is 0 Å². The predicted molar refractivity (Wildman–Crippen MR) is 111 cm³/mol. The Labute approximate surface area is 174 Å². The zero-order valence-electron chi connectivity index (χ0n) is 16.4. The van der Waals surface area contributed by atoms with Crippen LogP contribution in [-0.2, 0) is 12.0 Å². The molecule has 1 aromatic heterocycles. The number of benzene rings is 2. The van der Waals surface area contributed by atoms with Crippen LogP contribution in [0.1, 0.15) is 34.6 Å². The predicted octanol–water partition coefficient (Wildman–Crippen LogP) is 3.73. The molecule has 1 saturated carbocycles. The van der Waals surface area contributed by atoms with Gasteiger partial charge in [-0.3, -0.25) is 4.79 Å². The highest BCUT2D eigenvalue weighted by molar-refractivity contribution is 5.98. The Morgan fingerprint density at radius 1 is 1.07 bits per heavy atom. The van der Waals surface area contributed by atoms with Gasteiger partial charge in [0.15, 0.2) is 0 Å². The second kappa shape index (κ2) is 7.27. The standard InChI is InChI=1S/C24H20N4O2/c25-16-24(8-9-24)19-5-2-17(3-6-19)18-4-7-21-20(14-18)23(29)28(12-13-30-21)15-22-26-10-1-11-27-22/h1-7,10-11,14H,8-9,12-13,15H2. The van der Waals surface area contributed by atoms with Gasteiger partial charge in [0.25, 0.3) is 5.91 Å². The fourth-order valence-corrected chi connectivity index (χ4v) is 3.85. The zero-order chi connectivity index (χ0) is 20.6. The van der Waals surface area contributed by atoms with E-state index in [1.165, 1.54) is 0 Å². The summed E-state index contributed by atoms with van der Waals surface area (Å²) in [5, 5.41) is 9.40. The van der Waals surface area contributed by atoms with E-state index in [2.05, 4.69) is 16.0 Å². The average molecular weight is 396 g/mol. The van der Waals surface area contributed by atoms with Crippen LogP contribution in [0.15, 0.2) is 60.9 Å². The van der Waals surface area contributed by atoms with Gasteiger partial charge in [0.1, 0.15) is 18.2 Å². The van der Waals surface area contributed by atoms with Crippen molar-refractivity contribution in [1.29, 1.82) is 5.26 Å². The first-order valence-corrected chi connectivity index (χ1v) is 10.0. The minimum Gasteiger partial charge on any atom is -0.491 e. The Bertz CT molecular complexity index is 1130. The van der Waals surface area contributed by atoms with Gasteiger partial charge in [-0.15, -0.1) is 0 Å². The third-order valence-electron chi connectivity index (χ3n) is 5.80. The van der Waals surface area contributed by atoms with Crippen molar-refractivity contribution in [2.75, 3.05) is 13.2 Å². The molecule has 30 heavy (non-hydrogen) atoms. The van der Waals surface area contributed by atoms with Gasteiger partial charge in [0, 0.05) is 12.4 Å². The van der Waals surface area contributed by atoms with E-state index in [0.29, 0.717) is 36.8 Å². The SMILES string of the molecule is N#CC1(c2ccc(-c3ccc4c(c3)C(=O)N(Cc3ncccn3)CCO4)cc2)CC1. The molecule has 3 aromatic rings. The van der Waals surface area contributed by atoms with Gasteiger partial charge in [-0.25, -0.2) is 9.97 Å². The lowest BCUT2D eigenvalue weighted by molar-refractivity contribution is 0.0738. The fraction of sp³-hybridized carbons (Fsp3) is 0.250. The Hall–Kier alpha value is -3.72. The topological polar surface area (TPSA) is 79.1 Å². The third kappa shape index (κ3) is 3.29. The van der Waals surface area contributed by atoms with Crippen LogP contribution in [0.4, 0.5) is 0 Å². The average Bonchev–Trinajstić information content (AvgIpc) is 3.61. The van der Waals surface area contributed by atoms with E-state index in [4.69, 9.17) is 4.74 Å².